The number of hydrogen-bond acceptors (Lipinski definition) is 2. The minimum atomic E-state index is -0.598. The Bertz CT molecular complexity index is 241. The summed E-state index contributed by atoms with van der Waals surface area (Å²) in [6, 6.07) is 1.33. The molecular formula is C6H6NO3. The summed E-state index contributed by atoms with van der Waals surface area (Å²) in [6.07, 6.45) is 1.19. The highest BCUT2D eigenvalue weighted by atomic mass is 16.5. The van der Waals surface area contributed by atoms with Crippen LogP contribution in [0, 0.1) is 0 Å². The van der Waals surface area contributed by atoms with Crippen LogP contribution in [0.1, 0.15) is 10.4 Å². The van der Waals surface area contributed by atoms with E-state index in [0.29, 0.717) is 0 Å². The maximum absolute atomic E-state index is 10.7. The van der Waals surface area contributed by atoms with Crippen LogP contribution in [0.3, 0.4) is 0 Å². The normalized spacial score (nSPS) is 9.30. The Kier molecular flexibility index (Phi) is 1.62. The van der Waals surface area contributed by atoms with E-state index in [-0.39, 0.29) is 5.56 Å². The lowest BCUT2D eigenvalue weighted by Gasteiger charge is -1.91. The molecule has 53 valence electrons. The Morgan fingerprint density at radius 1 is 1.70 bits per heavy atom. The molecule has 1 heterocycles. The van der Waals surface area contributed by atoms with Crippen LogP contribution in [0.2, 0.25) is 0 Å². The van der Waals surface area contributed by atoms with E-state index < -0.39 is 11.9 Å². The van der Waals surface area contributed by atoms with Gasteiger partial charge in [-0.2, -0.15) is 0 Å². The molecule has 0 bridgehead atoms. The molecule has 1 aromatic heterocycles. The summed E-state index contributed by atoms with van der Waals surface area (Å²) in [4.78, 5) is 10.7. The second kappa shape index (κ2) is 2.43. The fourth-order valence-corrected chi connectivity index (χ4v) is 0.598. The highest BCUT2D eigenvalue weighted by Crippen LogP contribution is 2.17. The molecule has 10 heavy (non-hydrogen) atoms. The number of amides is 1. The molecule has 0 aliphatic rings. The van der Waals surface area contributed by atoms with Crippen molar-refractivity contribution in [2.45, 2.75) is 0 Å². The van der Waals surface area contributed by atoms with Crippen molar-refractivity contribution in [2.24, 2.45) is 0 Å². The summed E-state index contributed by atoms with van der Waals surface area (Å²) < 4.78 is 4.37. The zero-order chi connectivity index (χ0) is 7.56. The van der Waals surface area contributed by atoms with Gasteiger partial charge in [0.05, 0.1) is 6.26 Å². The lowest BCUT2D eigenvalue weighted by Crippen LogP contribution is -2.16. The van der Waals surface area contributed by atoms with Gasteiger partial charge < -0.3 is 9.73 Å². The lowest BCUT2D eigenvalue weighted by molar-refractivity contribution is 0.0955. The number of carbonyl (C=O) groups is 1. The topological polar surface area (TPSA) is 62.1 Å². The third kappa shape index (κ3) is 0.953. The molecule has 0 unspecified atom stereocenters. The van der Waals surface area contributed by atoms with E-state index >= 15 is 0 Å². The molecule has 4 nitrogen and oxygen atoms in total. The highest BCUT2D eigenvalue weighted by molar-refractivity contribution is 5.95. The Hall–Kier alpha value is -1.45. The molecule has 0 atom stereocenters. The summed E-state index contributed by atoms with van der Waals surface area (Å²) >= 11 is 0. The van der Waals surface area contributed by atoms with Gasteiger partial charge in [-0.15, -0.1) is 0 Å². The molecule has 1 aromatic rings. The van der Waals surface area contributed by atoms with Crippen LogP contribution in [-0.2, 0) is 5.11 Å². The SMILES string of the molecule is CNC(=O)c1ccoc1[O]. The van der Waals surface area contributed by atoms with Crippen LogP contribution < -0.4 is 5.32 Å². The van der Waals surface area contributed by atoms with E-state index in [2.05, 4.69) is 9.73 Å². The molecule has 0 fully saturated rings. The smallest absolute Gasteiger partial charge is 0.348 e. The van der Waals surface area contributed by atoms with Crippen molar-refractivity contribution in [3.8, 4) is 5.95 Å². The molecule has 1 rings (SSSR count). The Labute approximate surface area is 57.5 Å². The van der Waals surface area contributed by atoms with Crippen molar-refractivity contribution in [3.63, 3.8) is 0 Å². The van der Waals surface area contributed by atoms with E-state index in [1.807, 2.05) is 0 Å². The van der Waals surface area contributed by atoms with Gasteiger partial charge in [-0.05, 0) is 6.07 Å². The molecule has 1 amide bonds. The fraction of sp³-hybridized carbons (Fsp3) is 0.167. The summed E-state index contributed by atoms with van der Waals surface area (Å²) in [5.41, 5.74) is 0.0440. The van der Waals surface area contributed by atoms with E-state index in [4.69, 9.17) is 0 Å². The Morgan fingerprint density at radius 3 is 2.80 bits per heavy atom. The van der Waals surface area contributed by atoms with Crippen LogP contribution in [0.15, 0.2) is 16.7 Å². The van der Waals surface area contributed by atoms with Gasteiger partial charge in [0.25, 0.3) is 5.91 Å². The lowest BCUT2D eigenvalue weighted by atomic mass is 10.3. The number of carbonyl (C=O) groups excluding carboxylic acids is 1. The first-order valence-electron chi connectivity index (χ1n) is 2.72. The van der Waals surface area contributed by atoms with Crippen molar-refractivity contribution in [1.82, 2.24) is 5.32 Å². The molecule has 0 aliphatic carbocycles. The van der Waals surface area contributed by atoms with E-state index in [1.165, 1.54) is 19.4 Å². The van der Waals surface area contributed by atoms with Crippen molar-refractivity contribution in [3.05, 3.63) is 17.9 Å². The number of rotatable bonds is 1. The van der Waals surface area contributed by atoms with Gasteiger partial charge in [0.15, 0.2) is 0 Å². The minimum absolute atomic E-state index is 0.0440. The third-order valence-corrected chi connectivity index (χ3v) is 1.10. The third-order valence-electron chi connectivity index (χ3n) is 1.10. The van der Waals surface area contributed by atoms with Crippen LogP contribution >= 0.6 is 0 Å². The number of hydrogen-bond donors (Lipinski definition) is 1. The number of furan rings is 1. The molecule has 0 saturated heterocycles. The second-order valence-electron chi connectivity index (χ2n) is 1.70. The summed E-state index contributed by atoms with van der Waals surface area (Å²) in [6.45, 7) is 0. The fourth-order valence-electron chi connectivity index (χ4n) is 0.598. The predicted molar refractivity (Wildman–Crippen MR) is 32.2 cm³/mol. The molecule has 1 radical (unpaired) electrons. The Balaban J connectivity index is 2.93. The van der Waals surface area contributed by atoms with Gasteiger partial charge in [-0.25, -0.2) is 5.11 Å². The van der Waals surface area contributed by atoms with E-state index in [0.717, 1.165) is 0 Å². The van der Waals surface area contributed by atoms with Gasteiger partial charge in [0.2, 0.25) is 0 Å². The molecular weight excluding hydrogens is 134 g/mol. The number of nitrogens with one attached hydrogen (secondary N) is 1. The molecule has 1 N–H and O–H groups in total. The van der Waals surface area contributed by atoms with Crippen molar-refractivity contribution in [2.75, 3.05) is 7.05 Å². The van der Waals surface area contributed by atoms with Gasteiger partial charge in [-0.1, -0.05) is 0 Å². The average molecular weight is 140 g/mol. The molecule has 0 aliphatic heterocycles. The van der Waals surface area contributed by atoms with Crippen LogP contribution in [0.5, 0.6) is 5.95 Å². The molecule has 4 heteroatoms. The molecule has 0 saturated carbocycles. The maximum atomic E-state index is 10.7. The zero-order valence-corrected chi connectivity index (χ0v) is 5.38. The standard InChI is InChI=1S/C6H6NO3/c1-7-5(8)4-2-3-10-6(4)9/h2-3H,1H3,(H,7,8). The second-order valence-corrected chi connectivity index (χ2v) is 1.70. The maximum Gasteiger partial charge on any atom is 0.348 e. The van der Waals surface area contributed by atoms with Crippen molar-refractivity contribution < 1.29 is 14.3 Å². The van der Waals surface area contributed by atoms with Crippen LogP contribution in [-0.4, -0.2) is 13.0 Å². The molecule has 0 aromatic carbocycles. The van der Waals surface area contributed by atoms with E-state index in [9.17, 15) is 9.90 Å². The van der Waals surface area contributed by atoms with E-state index in [1.54, 1.807) is 0 Å². The summed E-state index contributed by atoms with van der Waals surface area (Å²) in [5.74, 6) is -1.02. The van der Waals surface area contributed by atoms with Crippen molar-refractivity contribution >= 4 is 5.91 Å². The van der Waals surface area contributed by atoms with Crippen LogP contribution in [0.25, 0.3) is 0 Å². The first-order valence-corrected chi connectivity index (χ1v) is 2.72. The first-order chi connectivity index (χ1) is 4.75. The van der Waals surface area contributed by atoms with Crippen LogP contribution in [0.4, 0.5) is 0 Å². The average Bonchev–Trinajstić information content (AvgIpc) is 2.34. The first kappa shape index (κ1) is 6.67. The monoisotopic (exact) mass is 140 g/mol. The van der Waals surface area contributed by atoms with Gasteiger partial charge >= 0.3 is 5.95 Å². The predicted octanol–water partition coefficient (Wildman–Crippen LogP) is 0.783. The molecule has 0 spiro atoms. The summed E-state index contributed by atoms with van der Waals surface area (Å²) in [7, 11) is 1.45. The summed E-state index contributed by atoms with van der Waals surface area (Å²) in [5, 5.41) is 12.9. The largest absolute Gasteiger partial charge is 0.431 e. The van der Waals surface area contributed by atoms with Gasteiger partial charge in [-0.3, -0.25) is 4.79 Å². The highest BCUT2D eigenvalue weighted by Gasteiger charge is 2.12. The minimum Gasteiger partial charge on any atom is -0.431 e. The Morgan fingerprint density at radius 2 is 2.40 bits per heavy atom. The van der Waals surface area contributed by atoms with Gasteiger partial charge in [0.1, 0.15) is 5.56 Å². The van der Waals surface area contributed by atoms with Crippen molar-refractivity contribution in [1.29, 1.82) is 0 Å². The quantitative estimate of drug-likeness (QED) is 0.626. The zero-order valence-electron chi connectivity index (χ0n) is 5.38. The van der Waals surface area contributed by atoms with Gasteiger partial charge in [0, 0.05) is 7.05 Å².